The molecule has 4 aromatic heterocycles. The number of aryl methyl sites for hydroxylation is 2. The highest BCUT2D eigenvalue weighted by molar-refractivity contribution is 6.03. The largest absolute Gasteiger partial charge is 0.466 e. The zero-order chi connectivity index (χ0) is 35.6. The first-order valence-electron chi connectivity index (χ1n) is 17.0. The number of fused-ring (bicyclic) bond motifs is 1. The van der Waals surface area contributed by atoms with Crippen molar-refractivity contribution in [1.82, 2.24) is 24.9 Å². The number of methoxy groups -OCH3 is 1. The Bertz CT molecular complexity index is 1880. The Labute approximate surface area is 288 Å². The number of nitrogens with zero attached hydrogens (tertiary/aromatic N) is 5. The Morgan fingerprint density at radius 1 is 1.10 bits per heavy atom. The summed E-state index contributed by atoms with van der Waals surface area (Å²) >= 11 is 0. The van der Waals surface area contributed by atoms with Gasteiger partial charge in [-0.15, -0.1) is 0 Å². The number of hydrogen-bond donors (Lipinski definition) is 2. The van der Waals surface area contributed by atoms with Crippen molar-refractivity contribution in [2.75, 3.05) is 44.1 Å². The fourth-order valence-corrected chi connectivity index (χ4v) is 6.98. The number of aromatic amines is 1. The predicted molar refractivity (Wildman–Crippen MR) is 182 cm³/mol. The number of pyridine rings is 3. The van der Waals surface area contributed by atoms with Gasteiger partial charge in [-0.2, -0.15) is 18.2 Å². The number of aromatic nitrogens is 5. The summed E-state index contributed by atoms with van der Waals surface area (Å²) < 4.78 is 53.2. The van der Waals surface area contributed by atoms with Gasteiger partial charge in [-0.25, -0.2) is 4.98 Å². The van der Waals surface area contributed by atoms with Crippen LogP contribution in [0.25, 0.3) is 22.4 Å². The molecule has 266 valence electrons. The molecule has 6 rings (SSSR count). The Balaban J connectivity index is 1.33. The maximum absolute atomic E-state index is 14.2. The van der Waals surface area contributed by atoms with E-state index in [1.807, 2.05) is 14.0 Å². The Kier molecular flexibility index (Phi) is 10.1. The summed E-state index contributed by atoms with van der Waals surface area (Å²) in [6.07, 6.45) is 4.64. The van der Waals surface area contributed by atoms with Gasteiger partial charge in [-0.3, -0.25) is 24.9 Å². The molecule has 4 heterocycles. The van der Waals surface area contributed by atoms with Gasteiger partial charge in [0, 0.05) is 56.4 Å². The van der Waals surface area contributed by atoms with Crippen molar-refractivity contribution < 1.29 is 32.2 Å². The molecule has 4 aromatic rings. The highest BCUT2D eigenvalue weighted by Crippen LogP contribution is 2.46. The third kappa shape index (κ3) is 7.74. The first-order valence-corrected chi connectivity index (χ1v) is 17.0. The molecule has 14 heteroatoms. The molecule has 11 nitrogen and oxygen atoms in total. The molecule has 0 spiro atoms. The summed E-state index contributed by atoms with van der Waals surface area (Å²) in [5.74, 6) is -0.887. The molecule has 0 saturated heterocycles. The number of carbonyl (C=O) groups excluding carboxylic acids is 2. The quantitative estimate of drug-likeness (QED) is 0.142. The molecular formula is C36H42F3N7O4. The van der Waals surface area contributed by atoms with Crippen molar-refractivity contribution in [3.05, 3.63) is 58.7 Å². The van der Waals surface area contributed by atoms with E-state index in [4.69, 9.17) is 9.47 Å². The molecule has 0 unspecified atom stereocenters. The van der Waals surface area contributed by atoms with Crippen LogP contribution in [0.3, 0.4) is 0 Å². The van der Waals surface area contributed by atoms with Gasteiger partial charge < -0.3 is 19.4 Å². The number of amides is 1. The topological polar surface area (TPSA) is 135 Å². The number of nitrogens with one attached hydrogen (secondary N) is 2. The molecule has 0 bridgehead atoms. The molecule has 0 atom stereocenters. The van der Waals surface area contributed by atoms with Gasteiger partial charge >= 0.3 is 12.1 Å². The Morgan fingerprint density at radius 2 is 1.86 bits per heavy atom. The lowest BCUT2D eigenvalue weighted by Gasteiger charge is -2.34. The molecule has 0 aromatic carbocycles. The van der Waals surface area contributed by atoms with Crippen molar-refractivity contribution in [2.45, 2.75) is 77.3 Å². The lowest BCUT2D eigenvalue weighted by atomic mass is 9.86. The van der Waals surface area contributed by atoms with E-state index in [-0.39, 0.29) is 58.0 Å². The van der Waals surface area contributed by atoms with Crippen molar-refractivity contribution in [3.8, 4) is 11.3 Å². The van der Waals surface area contributed by atoms with Crippen LogP contribution in [0.5, 0.6) is 0 Å². The first kappa shape index (κ1) is 35.2. The minimum Gasteiger partial charge on any atom is -0.466 e. The van der Waals surface area contributed by atoms with Crippen molar-refractivity contribution in [1.29, 1.82) is 0 Å². The van der Waals surface area contributed by atoms with Crippen LogP contribution in [0.4, 0.5) is 24.8 Å². The number of ether oxygens (including phenoxy) is 2. The molecule has 0 aliphatic heterocycles. The SMILES string of the molecule is CCOC(=O)CCc1cnc(C(=O)Nc2nc3nc(-c4cnc(C5CC5)c(C(F)(F)F)c4)cc(N(C)CC4(COC)CCCC4)c3[nH]2)cc1C. The van der Waals surface area contributed by atoms with Crippen LogP contribution in [0.15, 0.2) is 30.6 Å². The average Bonchev–Trinajstić information content (AvgIpc) is 3.69. The van der Waals surface area contributed by atoms with E-state index in [0.29, 0.717) is 50.2 Å². The van der Waals surface area contributed by atoms with Crippen LogP contribution in [0.2, 0.25) is 0 Å². The van der Waals surface area contributed by atoms with E-state index in [9.17, 15) is 22.8 Å². The highest BCUT2D eigenvalue weighted by atomic mass is 19.4. The Hall–Kier alpha value is -4.59. The van der Waals surface area contributed by atoms with Crippen LogP contribution >= 0.6 is 0 Å². The number of H-pyrrole nitrogens is 1. The first-order chi connectivity index (χ1) is 23.9. The molecule has 0 radical (unpaired) electrons. The van der Waals surface area contributed by atoms with Gasteiger partial charge in [0.1, 0.15) is 11.2 Å². The van der Waals surface area contributed by atoms with Crippen LogP contribution in [-0.2, 0) is 26.9 Å². The lowest BCUT2D eigenvalue weighted by molar-refractivity contribution is -0.143. The maximum atomic E-state index is 14.2. The molecule has 2 aliphatic rings. The number of rotatable bonds is 13. The zero-order valence-electron chi connectivity index (χ0n) is 28.7. The molecule has 2 fully saturated rings. The minimum absolute atomic E-state index is 0.0723. The third-order valence-electron chi connectivity index (χ3n) is 9.61. The summed E-state index contributed by atoms with van der Waals surface area (Å²) in [7, 11) is 3.62. The van der Waals surface area contributed by atoms with E-state index in [1.54, 1.807) is 32.4 Å². The molecule has 2 aliphatic carbocycles. The summed E-state index contributed by atoms with van der Waals surface area (Å²) in [4.78, 5) is 48.1. The number of hydrogen-bond acceptors (Lipinski definition) is 9. The number of carbonyl (C=O) groups is 2. The van der Waals surface area contributed by atoms with Gasteiger partial charge in [0.15, 0.2) is 5.65 Å². The maximum Gasteiger partial charge on any atom is 0.418 e. The van der Waals surface area contributed by atoms with Crippen molar-refractivity contribution >= 4 is 34.7 Å². The molecule has 2 saturated carbocycles. The van der Waals surface area contributed by atoms with Gasteiger partial charge in [-0.1, -0.05) is 12.8 Å². The second kappa shape index (κ2) is 14.3. The number of esters is 1. The van der Waals surface area contributed by atoms with E-state index in [2.05, 4.69) is 35.1 Å². The smallest absolute Gasteiger partial charge is 0.418 e. The minimum atomic E-state index is -4.56. The standard InChI is InChI=1S/C36H42F3N7O4/c1-5-50-29(47)11-10-23-17-40-27(14-21(23)2)33(48)45-34-43-31-28(46(3)19-35(20-49-4)12-6-7-13-35)16-26(42-32(31)44-34)24-15-25(36(37,38)39)30(41-18-24)22-8-9-22/h14-18,22H,5-13,19-20H2,1-4H3,(H2,42,43,44,45,48). The van der Waals surface area contributed by atoms with Crippen molar-refractivity contribution in [2.24, 2.45) is 5.41 Å². The van der Waals surface area contributed by atoms with Gasteiger partial charge in [0.05, 0.1) is 35.9 Å². The summed E-state index contributed by atoms with van der Waals surface area (Å²) in [5, 5.41) is 2.76. The third-order valence-corrected chi connectivity index (χ3v) is 9.61. The van der Waals surface area contributed by atoms with E-state index in [1.165, 1.54) is 6.20 Å². The lowest BCUT2D eigenvalue weighted by Crippen LogP contribution is -2.37. The molecule has 1 amide bonds. The number of alkyl halides is 3. The zero-order valence-corrected chi connectivity index (χ0v) is 28.7. The fraction of sp³-hybridized carbons (Fsp3) is 0.500. The van der Waals surface area contributed by atoms with Gasteiger partial charge in [0.25, 0.3) is 5.91 Å². The summed E-state index contributed by atoms with van der Waals surface area (Å²) in [6.45, 7) is 5.12. The van der Waals surface area contributed by atoms with Crippen molar-refractivity contribution in [3.63, 3.8) is 0 Å². The second-order valence-corrected chi connectivity index (χ2v) is 13.5. The van der Waals surface area contributed by atoms with Crippen LogP contribution in [-0.4, -0.2) is 70.7 Å². The normalized spacial score (nSPS) is 15.7. The summed E-state index contributed by atoms with van der Waals surface area (Å²) in [6, 6.07) is 4.51. The van der Waals surface area contributed by atoms with Crippen LogP contribution in [0.1, 0.15) is 90.7 Å². The van der Waals surface area contributed by atoms with E-state index >= 15 is 0 Å². The average molecular weight is 694 g/mol. The van der Waals surface area contributed by atoms with Gasteiger partial charge in [-0.05, 0) is 75.3 Å². The highest BCUT2D eigenvalue weighted by Gasteiger charge is 2.40. The van der Waals surface area contributed by atoms with E-state index in [0.717, 1.165) is 42.9 Å². The predicted octanol–water partition coefficient (Wildman–Crippen LogP) is 7.01. The number of anilines is 2. The molecule has 2 N–H and O–H groups in total. The number of imidazole rings is 1. The second-order valence-electron chi connectivity index (χ2n) is 13.5. The monoisotopic (exact) mass is 693 g/mol. The Morgan fingerprint density at radius 3 is 2.52 bits per heavy atom. The van der Waals surface area contributed by atoms with Gasteiger partial charge in [0.2, 0.25) is 5.95 Å². The van der Waals surface area contributed by atoms with Crippen LogP contribution < -0.4 is 10.2 Å². The van der Waals surface area contributed by atoms with Crippen LogP contribution in [0, 0.1) is 12.3 Å². The fourth-order valence-electron chi connectivity index (χ4n) is 6.98. The summed E-state index contributed by atoms with van der Waals surface area (Å²) in [5.41, 5.74) is 2.94. The molecular weight excluding hydrogens is 651 g/mol. The number of halogens is 3. The van der Waals surface area contributed by atoms with E-state index < -0.39 is 17.6 Å². The molecule has 50 heavy (non-hydrogen) atoms.